The molecule has 3 amide bonds. The summed E-state index contributed by atoms with van der Waals surface area (Å²) in [6.45, 7) is 0.526. The van der Waals surface area contributed by atoms with E-state index in [1.165, 1.54) is 6.92 Å². The molecule has 0 saturated heterocycles. The lowest BCUT2D eigenvalue weighted by molar-refractivity contribution is -0.139. The zero-order chi connectivity index (χ0) is 24.3. The fraction of sp³-hybridized carbons (Fsp3) is 0.450. The van der Waals surface area contributed by atoms with Crippen LogP contribution in [0.5, 0.6) is 0 Å². The number of hydrogen-bond acceptors (Lipinski definition) is 7. The first-order valence-corrected chi connectivity index (χ1v) is 9.80. The highest BCUT2D eigenvalue weighted by atomic mass is 16.4. The fourth-order valence-electron chi connectivity index (χ4n) is 2.68. The summed E-state index contributed by atoms with van der Waals surface area (Å²) >= 11 is 0. The molecule has 1 rings (SSSR count). The van der Waals surface area contributed by atoms with Crippen molar-refractivity contribution in [2.24, 2.45) is 5.73 Å². The Hall–Kier alpha value is -3.51. The second-order valence-corrected chi connectivity index (χ2v) is 7.13. The molecule has 32 heavy (non-hydrogen) atoms. The van der Waals surface area contributed by atoms with Crippen LogP contribution in [0.3, 0.4) is 0 Å². The number of rotatable bonds is 13. The molecule has 12 heteroatoms. The molecule has 0 saturated carbocycles. The molecule has 0 aromatic heterocycles. The van der Waals surface area contributed by atoms with Gasteiger partial charge in [0.1, 0.15) is 18.6 Å². The summed E-state index contributed by atoms with van der Waals surface area (Å²) in [5.74, 6) is -4.92. The van der Waals surface area contributed by atoms with Crippen LogP contribution in [0.1, 0.15) is 25.3 Å². The fourth-order valence-corrected chi connectivity index (χ4v) is 2.68. The zero-order valence-electron chi connectivity index (χ0n) is 17.5. The molecule has 0 fully saturated rings. The molecule has 1 aromatic rings. The Kier molecular flexibility index (Phi) is 10.8. The topological polar surface area (TPSA) is 208 Å². The first kappa shape index (κ1) is 26.5. The minimum Gasteiger partial charge on any atom is -0.481 e. The Labute approximate surface area is 184 Å². The second-order valence-electron chi connectivity index (χ2n) is 7.13. The lowest BCUT2D eigenvalue weighted by Crippen LogP contribution is -2.59. The largest absolute Gasteiger partial charge is 0.481 e. The van der Waals surface area contributed by atoms with Crippen molar-refractivity contribution < 1.29 is 39.3 Å². The third kappa shape index (κ3) is 9.53. The molecule has 0 bridgehead atoms. The number of nitrogens with two attached hydrogens (primary N) is 1. The maximum Gasteiger partial charge on any atom is 0.322 e. The molecule has 0 aliphatic heterocycles. The van der Waals surface area contributed by atoms with Crippen LogP contribution in [0.15, 0.2) is 30.3 Å². The summed E-state index contributed by atoms with van der Waals surface area (Å²) < 4.78 is 0. The third-order valence-corrected chi connectivity index (χ3v) is 4.40. The number of nitrogens with one attached hydrogen (secondary N) is 3. The van der Waals surface area contributed by atoms with Gasteiger partial charge in [-0.1, -0.05) is 30.3 Å². The Morgan fingerprint density at radius 3 is 2.09 bits per heavy atom. The van der Waals surface area contributed by atoms with Crippen molar-refractivity contribution in [2.45, 2.75) is 50.4 Å². The predicted molar refractivity (Wildman–Crippen MR) is 111 cm³/mol. The number of carbonyl (C=O) groups is 5. The highest BCUT2D eigenvalue weighted by molar-refractivity contribution is 5.94. The van der Waals surface area contributed by atoms with Crippen LogP contribution >= 0.6 is 0 Å². The van der Waals surface area contributed by atoms with E-state index in [0.29, 0.717) is 5.56 Å². The van der Waals surface area contributed by atoms with Gasteiger partial charge in [0.05, 0.1) is 12.1 Å². The van der Waals surface area contributed by atoms with Crippen molar-refractivity contribution >= 4 is 29.7 Å². The van der Waals surface area contributed by atoms with Crippen LogP contribution in [-0.2, 0) is 30.4 Å². The molecule has 8 N–H and O–H groups in total. The van der Waals surface area contributed by atoms with Gasteiger partial charge in [0, 0.05) is 12.8 Å². The quantitative estimate of drug-likeness (QED) is 0.176. The Morgan fingerprint density at radius 1 is 0.938 bits per heavy atom. The van der Waals surface area contributed by atoms with Gasteiger partial charge in [0.2, 0.25) is 17.7 Å². The average molecular weight is 452 g/mol. The number of aliphatic hydroxyl groups excluding tert-OH is 1. The molecule has 0 aliphatic rings. The van der Waals surface area contributed by atoms with E-state index < -0.39 is 60.4 Å². The predicted octanol–water partition coefficient (Wildman–Crippen LogP) is -2.03. The minimum absolute atomic E-state index is 0.0212. The molecule has 0 spiro atoms. The van der Waals surface area contributed by atoms with Gasteiger partial charge in [-0.3, -0.25) is 24.0 Å². The van der Waals surface area contributed by atoms with E-state index in [4.69, 9.17) is 15.9 Å². The number of carbonyl (C=O) groups excluding carboxylic acids is 3. The molecular formula is C20H28N4O8. The maximum atomic E-state index is 12.9. The van der Waals surface area contributed by atoms with Crippen molar-refractivity contribution in [3.05, 3.63) is 35.9 Å². The molecular weight excluding hydrogens is 424 g/mol. The Morgan fingerprint density at radius 2 is 1.56 bits per heavy atom. The van der Waals surface area contributed by atoms with Gasteiger partial charge in [-0.25, -0.2) is 0 Å². The molecule has 4 unspecified atom stereocenters. The van der Waals surface area contributed by atoms with Gasteiger partial charge in [0.15, 0.2) is 0 Å². The van der Waals surface area contributed by atoms with Crippen molar-refractivity contribution in [3.8, 4) is 0 Å². The zero-order valence-corrected chi connectivity index (χ0v) is 17.5. The summed E-state index contributed by atoms with van der Waals surface area (Å²) in [5.41, 5.74) is 6.38. The van der Waals surface area contributed by atoms with E-state index >= 15 is 0 Å². The smallest absolute Gasteiger partial charge is 0.322 e. The molecule has 0 radical (unpaired) electrons. The van der Waals surface area contributed by atoms with Crippen molar-refractivity contribution in [2.75, 3.05) is 6.54 Å². The van der Waals surface area contributed by atoms with Crippen LogP contribution in [0.2, 0.25) is 0 Å². The van der Waals surface area contributed by atoms with E-state index in [1.807, 2.05) is 0 Å². The number of carboxylic acid groups (broad SMARTS) is 2. The first-order valence-electron chi connectivity index (χ1n) is 9.80. The number of amides is 3. The normalized spacial score (nSPS) is 14.3. The summed E-state index contributed by atoms with van der Waals surface area (Å²) in [4.78, 5) is 58.8. The van der Waals surface area contributed by atoms with Gasteiger partial charge >= 0.3 is 11.9 Å². The van der Waals surface area contributed by atoms with Crippen LogP contribution in [0.25, 0.3) is 0 Å². The van der Waals surface area contributed by atoms with Gasteiger partial charge in [-0.2, -0.15) is 0 Å². The lowest BCUT2D eigenvalue weighted by atomic mass is 10.0. The molecule has 176 valence electrons. The van der Waals surface area contributed by atoms with E-state index in [0.717, 1.165) is 0 Å². The molecule has 1 aromatic carbocycles. The van der Waals surface area contributed by atoms with Crippen LogP contribution < -0.4 is 21.7 Å². The van der Waals surface area contributed by atoms with Gasteiger partial charge in [0.25, 0.3) is 0 Å². The Bertz CT molecular complexity index is 815. The number of aliphatic carboxylic acids is 2. The van der Waals surface area contributed by atoms with E-state index in [-0.39, 0.29) is 19.3 Å². The van der Waals surface area contributed by atoms with Gasteiger partial charge in [-0.05, 0) is 18.9 Å². The van der Waals surface area contributed by atoms with Gasteiger partial charge in [-0.15, -0.1) is 0 Å². The summed E-state index contributed by atoms with van der Waals surface area (Å²) in [6.07, 6.45) is -1.82. The minimum atomic E-state index is -1.47. The first-order chi connectivity index (χ1) is 15.0. The third-order valence-electron chi connectivity index (χ3n) is 4.40. The van der Waals surface area contributed by atoms with Crippen molar-refractivity contribution in [3.63, 3.8) is 0 Å². The lowest BCUT2D eigenvalue weighted by Gasteiger charge is -2.25. The summed E-state index contributed by atoms with van der Waals surface area (Å²) in [5, 5.41) is 34.1. The van der Waals surface area contributed by atoms with Crippen LogP contribution in [0, 0.1) is 0 Å². The molecule has 0 aliphatic carbocycles. The number of aliphatic hydroxyl groups is 1. The number of hydrogen-bond donors (Lipinski definition) is 7. The highest BCUT2D eigenvalue weighted by Gasteiger charge is 2.31. The van der Waals surface area contributed by atoms with E-state index in [1.54, 1.807) is 30.3 Å². The standard InChI is InChI=1S/C20H28N4O8/c1-11(25)17(20(32)22-10-16(28)29)24-19(31)14(9-12-5-3-2-4-6-12)23-18(30)13(21)7-8-15(26)27/h2-6,11,13-14,17,25H,7-10,21H2,1H3,(H,22,32)(H,23,30)(H,24,31)(H,26,27)(H,28,29). The molecule has 12 nitrogen and oxygen atoms in total. The van der Waals surface area contributed by atoms with Crippen LogP contribution in [0.4, 0.5) is 0 Å². The van der Waals surface area contributed by atoms with Crippen molar-refractivity contribution in [1.82, 2.24) is 16.0 Å². The van der Waals surface area contributed by atoms with Crippen molar-refractivity contribution in [1.29, 1.82) is 0 Å². The number of benzene rings is 1. The highest BCUT2D eigenvalue weighted by Crippen LogP contribution is 2.06. The summed E-state index contributed by atoms with van der Waals surface area (Å²) in [6, 6.07) is 4.78. The SMILES string of the molecule is CC(O)C(NC(=O)C(Cc1ccccc1)NC(=O)C(N)CCC(=O)O)C(=O)NCC(=O)O. The number of carboxylic acids is 2. The maximum absolute atomic E-state index is 12.9. The molecule has 4 atom stereocenters. The van der Waals surface area contributed by atoms with E-state index in [2.05, 4.69) is 16.0 Å². The van der Waals surface area contributed by atoms with Crippen LogP contribution in [-0.4, -0.2) is 75.8 Å². The van der Waals surface area contributed by atoms with E-state index in [9.17, 15) is 29.1 Å². The summed E-state index contributed by atoms with van der Waals surface area (Å²) in [7, 11) is 0. The Balaban J connectivity index is 2.97. The average Bonchev–Trinajstić information content (AvgIpc) is 2.73. The monoisotopic (exact) mass is 452 g/mol. The second kappa shape index (κ2) is 13.0. The van der Waals surface area contributed by atoms with Gasteiger partial charge < -0.3 is 37.0 Å². The molecule has 0 heterocycles.